The van der Waals surface area contributed by atoms with E-state index in [1.54, 1.807) is 31.5 Å². The van der Waals surface area contributed by atoms with E-state index in [0.717, 1.165) is 0 Å². The maximum Gasteiger partial charge on any atom is 0.227 e. The molecular formula is C18H19N7O2. The highest BCUT2D eigenvalue weighted by molar-refractivity contribution is 5.91. The van der Waals surface area contributed by atoms with Gasteiger partial charge in [-0.05, 0) is 19.1 Å². The molecule has 0 aliphatic heterocycles. The van der Waals surface area contributed by atoms with Gasteiger partial charge in [-0.2, -0.15) is 15.3 Å². The smallest absolute Gasteiger partial charge is 0.227 e. The van der Waals surface area contributed by atoms with Gasteiger partial charge in [0.15, 0.2) is 11.5 Å². The lowest BCUT2D eigenvalue weighted by molar-refractivity contribution is -0.116. The van der Waals surface area contributed by atoms with Crippen molar-refractivity contribution in [2.45, 2.75) is 39.5 Å². The monoisotopic (exact) mass is 365 g/mol. The lowest BCUT2D eigenvalue weighted by Crippen LogP contribution is -2.16. The van der Waals surface area contributed by atoms with Crippen molar-refractivity contribution in [3.05, 3.63) is 47.5 Å². The van der Waals surface area contributed by atoms with Crippen molar-refractivity contribution in [1.82, 2.24) is 24.9 Å². The summed E-state index contributed by atoms with van der Waals surface area (Å²) < 4.78 is 6.66. The average molecular weight is 365 g/mol. The minimum Gasteiger partial charge on any atom is -0.339 e. The Morgan fingerprint density at radius 3 is 2.89 bits per heavy atom. The second kappa shape index (κ2) is 7.78. The molecule has 0 aliphatic rings. The molecule has 9 heteroatoms. The lowest BCUT2D eigenvalue weighted by atomic mass is 10.2. The molecule has 27 heavy (non-hydrogen) atoms. The molecule has 0 bridgehead atoms. The maximum absolute atomic E-state index is 12.4. The van der Waals surface area contributed by atoms with Gasteiger partial charge in [0.05, 0.1) is 11.9 Å². The number of carbonyl (C=O) groups is 1. The number of aryl methyl sites for hydroxylation is 1. The number of amides is 1. The van der Waals surface area contributed by atoms with Crippen LogP contribution >= 0.6 is 0 Å². The summed E-state index contributed by atoms with van der Waals surface area (Å²) >= 11 is 0. The van der Waals surface area contributed by atoms with Gasteiger partial charge in [-0.25, -0.2) is 4.68 Å². The van der Waals surface area contributed by atoms with Crippen LogP contribution in [0.1, 0.15) is 49.2 Å². The molecule has 0 radical (unpaired) electrons. The van der Waals surface area contributed by atoms with Crippen LogP contribution in [0.2, 0.25) is 0 Å². The highest BCUT2D eigenvalue weighted by Gasteiger charge is 2.18. The molecule has 0 saturated carbocycles. The number of nitriles is 1. The third kappa shape index (κ3) is 4.00. The molecule has 3 aromatic heterocycles. The van der Waals surface area contributed by atoms with Gasteiger partial charge in [-0.15, -0.1) is 0 Å². The number of anilines is 1. The van der Waals surface area contributed by atoms with Crippen molar-refractivity contribution in [1.29, 1.82) is 5.26 Å². The Bertz CT molecular complexity index is 983. The fourth-order valence-electron chi connectivity index (χ4n) is 2.43. The SMILES string of the molecule is Cc1c(C#N)nn(-c2cccnc2)c1NC(=O)CCc1nc(C(C)C)no1. The average Bonchev–Trinajstić information content (AvgIpc) is 3.26. The Morgan fingerprint density at radius 1 is 1.44 bits per heavy atom. The number of nitrogens with zero attached hydrogens (tertiary/aromatic N) is 6. The molecule has 0 atom stereocenters. The predicted octanol–water partition coefficient (Wildman–Crippen LogP) is 2.53. The van der Waals surface area contributed by atoms with E-state index < -0.39 is 0 Å². The minimum atomic E-state index is -0.239. The molecular weight excluding hydrogens is 346 g/mol. The van der Waals surface area contributed by atoms with E-state index in [2.05, 4.69) is 25.5 Å². The normalized spacial score (nSPS) is 10.8. The van der Waals surface area contributed by atoms with Gasteiger partial charge >= 0.3 is 0 Å². The van der Waals surface area contributed by atoms with Gasteiger partial charge in [0.25, 0.3) is 0 Å². The second-order valence-corrected chi connectivity index (χ2v) is 6.31. The molecule has 0 fully saturated rings. The van der Waals surface area contributed by atoms with Crippen LogP contribution in [0.5, 0.6) is 0 Å². The topological polar surface area (TPSA) is 123 Å². The van der Waals surface area contributed by atoms with Gasteiger partial charge in [-0.3, -0.25) is 9.78 Å². The lowest BCUT2D eigenvalue weighted by Gasteiger charge is -2.09. The molecule has 0 spiro atoms. The zero-order valence-corrected chi connectivity index (χ0v) is 15.3. The molecule has 3 heterocycles. The van der Waals surface area contributed by atoms with Crippen molar-refractivity contribution in [2.24, 2.45) is 0 Å². The van der Waals surface area contributed by atoms with Crippen LogP contribution in [0, 0.1) is 18.3 Å². The van der Waals surface area contributed by atoms with Crippen LogP contribution in [0.25, 0.3) is 5.69 Å². The highest BCUT2D eigenvalue weighted by Crippen LogP contribution is 2.22. The van der Waals surface area contributed by atoms with Crippen LogP contribution in [-0.4, -0.2) is 30.8 Å². The zero-order chi connectivity index (χ0) is 19.4. The van der Waals surface area contributed by atoms with E-state index in [1.165, 1.54) is 4.68 Å². The molecule has 3 rings (SSSR count). The summed E-state index contributed by atoms with van der Waals surface area (Å²) in [4.78, 5) is 20.7. The van der Waals surface area contributed by atoms with Crippen LogP contribution in [0.4, 0.5) is 5.82 Å². The quantitative estimate of drug-likeness (QED) is 0.712. The number of aromatic nitrogens is 5. The van der Waals surface area contributed by atoms with Crippen LogP contribution in [-0.2, 0) is 11.2 Å². The van der Waals surface area contributed by atoms with Gasteiger partial charge in [0.1, 0.15) is 11.9 Å². The standard InChI is InChI=1S/C18H19N7O2/c1-11(2)17-22-16(27-24-17)7-6-15(26)21-18-12(3)14(9-19)23-25(18)13-5-4-8-20-10-13/h4-5,8,10-11H,6-7H2,1-3H3,(H,21,26). The first-order valence-electron chi connectivity index (χ1n) is 8.52. The fourth-order valence-corrected chi connectivity index (χ4v) is 2.43. The largest absolute Gasteiger partial charge is 0.339 e. The van der Waals surface area contributed by atoms with Crippen molar-refractivity contribution in [2.75, 3.05) is 5.32 Å². The van der Waals surface area contributed by atoms with Gasteiger partial charge in [0, 0.05) is 30.5 Å². The predicted molar refractivity (Wildman–Crippen MR) is 96.1 cm³/mol. The molecule has 1 amide bonds. The van der Waals surface area contributed by atoms with Gasteiger partial charge in [-0.1, -0.05) is 19.0 Å². The molecule has 0 aromatic carbocycles. The van der Waals surface area contributed by atoms with Crippen molar-refractivity contribution in [3.63, 3.8) is 0 Å². The maximum atomic E-state index is 12.4. The molecule has 138 valence electrons. The summed E-state index contributed by atoms with van der Waals surface area (Å²) in [7, 11) is 0. The number of rotatable bonds is 6. The highest BCUT2D eigenvalue weighted by atomic mass is 16.5. The molecule has 9 nitrogen and oxygen atoms in total. The third-order valence-electron chi connectivity index (χ3n) is 3.94. The number of carbonyl (C=O) groups excluding carboxylic acids is 1. The van der Waals surface area contributed by atoms with Gasteiger partial charge in [0.2, 0.25) is 11.8 Å². The minimum absolute atomic E-state index is 0.164. The molecule has 0 unspecified atom stereocenters. The first-order valence-corrected chi connectivity index (χ1v) is 8.52. The number of pyridine rings is 1. The Balaban J connectivity index is 1.75. The molecule has 0 aliphatic carbocycles. The van der Waals surface area contributed by atoms with Gasteiger partial charge < -0.3 is 9.84 Å². The molecule has 1 N–H and O–H groups in total. The number of nitrogens with one attached hydrogen (secondary N) is 1. The Morgan fingerprint density at radius 2 is 2.26 bits per heavy atom. The summed E-state index contributed by atoms with van der Waals surface area (Å²) in [6.07, 6.45) is 3.74. The molecule has 3 aromatic rings. The van der Waals surface area contributed by atoms with E-state index in [1.807, 2.05) is 19.9 Å². The first-order chi connectivity index (χ1) is 13.0. The van der Waals surface area contributed by atoms with E-state index in [0.29, 0.717) is 35.2 Å². The zero-order valence-electron chi connectivity index (χ0n) is 15.3. The summed E-state index contributed by atoms with van der Waals surface area (Å²) in [6.45, 7) is 5.67. The Labute approximate surface area is 156 Å². The second-order valence-electron chi connectivity index (χ2n) is 6.31. The van der Waals surface area contributed by atoms with Crippen LogP contribution < -0.4 is 5.32 Å². The Kier molecular flexibility index (Phi) is 5.26. The van der Waals surface area contributed by atoms with E-state index >= 15 is 0 Å². The van der Waals surface area contributed by atoms with Crippen LogP contribution in [0.3, 0.4) is 0 Å². The van der Waals surface area contributed by atoms with Crippen LogP contribution in [0.15, 0.2) is 29.0 Å². The summed E-state index contributed by atoms with van der Waals surface area (Å²) in [5.74, 6) is 1.41. The summed E-state index contributed by atoms with van der Waals surface area (Å²) in [5.41, 5.74) is 1.48. The summed E-state index contributed by atoms with van der Waals surface area (Å²) in [5, 5.41) is 20.2. The fraction of sp³-hybridized carbons (Fsp3) is 0.333. The Hall–Kier alpha value is -3.54. The number of hydrogen-bond donors (Lipinski definition) is 1. The van der Waals surface area contributed by atoms with E-state index in [-0.39, 0.29) is 23.9 Å². The van der Waals surface area contributed by atoms with Crippen molar-refractivity contribution >= 4 is 11.7 Å². The van der Waals surface area contributed by atoms with Crippen molar-refractivity contribution < 1.29 is 9.32 Å². The van der Waals surface area contributed by atoms with Crippen molar-refractivity contribution in [3.8, 4) is 11.8 Å². The van der Waals surface area contributed by atoms with E-state index in [9.17, 15) is 10.1 Å². The molecule has 0 saturated heterocycles. The number of hydrogen-bond acceptors (Lipinski definition) is 7. The first kappa shape index (κ1) is 18.3. The third-order valence-corrected chi connectivity index (χ3v) is 3.94. The summed E-state index contributed by atoms with van der Waals surface area (Å²) in [6, 6.07) is 5.58. The van der Waals surface area contributed by atoms with E-state index in [4.69, 9.17) is 4.52 Å².